The van der Waals surface area contributed by atoms with Gasteiger partial charge in [0.2, 0.25) is 11.8 Å². The van der Waals surface area contributed by atoms with E-state index in [9.17, 15) is 4.79 Å². The van der Waals surface area contributed by atoms with Gasteiger partial charge in [0, 0.05) is 19.4 Å². The fraction of sp³-hybridized carbons (Fsp3) is 0.286. The van der Waals surface area contributed by atoms with E-state index in [4.69, 9.17) is 9.26 Å². The van der Waals surface area contributed by atoms with E-state index in [1.165, 1.54) is 0 Å². The van der Waals surface area contributed by atoms with Crippen LogP contribution in [0.3, 0.4) is 0 Å². The van der Waals surface area contributed by atoms with Gasteiger partial charge < -0.3 is 14.6 Å². The fourth-order valence-electron chi connectivity index (χ4n) is 2.57. The average Bonchev–Trinajstić information content (AvgIpc) is 3.12. The smallest absolute Gasteiger partial charge is 0.227 e. The van der Waals surface area contributed by atoms with Gasteiger partial charge in [-0.25, -0.2) is 0 Å². The number of rotatable bonds is 9. The normalized spacial score (nSPS) is 10.7. The summed E-state index contributed by atoms with van der Waals surface area (Å²) in [6.45, 7) is 3.40. The Hall–Kier alpha value is -2.99. The summed E-state index contributed by atoms with van der Waals surface area (Å²) in [4.78, 5) is 16.0. The number of nitrogens with one attached hydrogen (secondary N) is 1. The van der Waals surface area contributed by atoms with E-state index in [0.717, 1.165) is 16.7 Å². The van der Waals surface area contributed by atoms with Crippen LogP contribution in [-0.2, 0) is 35.7 Å². The molecule has 1 aromatic heterocycles. The lowest BCUT2D eigenvalue weighted by Crippen LogP contribution is -2.23. The second-order valence-electron chi connectivity index (χ2n) is 6.31. The minimum absolute atomic E-state index is 0.0406. The molecule has 3 aromatic rings. The highest BCUT2D eigenvalue weighted by atomic mass is 16.5. The summed E-state index contributed by atoms with van der Waals surface area (Å²) in [7, 11) is 0. The first-order valence-corrected chi connectivity index (χ1v) is 8.94. The van der Waals surface area contributed by atoms with Crippen molar-refractivity contribution in [1.29, 1.82) is 0 Å². The van der Waals surface area contributed by atoms with Gasteiger partial charge in [-0.1, -0.05) is 59.8 Å². The van der Waals surface area contributed by atoms with Crippen LogP contribution < -0.4 is 5.32 Å². The number of hydrogen-bond acceptors (Lipinski definition) is 5. The molecule has 0 aliphatic carbocycles. The predicted molar refractivity (Wildman–Crippen MR) is 101 cm³/mol. The summed E-state index contributed by atoms with van der Waals surface area (Å²) in [5.41, 5.74) is 3.31. The third-order valence-corrected chi connectivity index (χ3v) is 4.03. The van der Waals surface area contributed by atoms with Crippen LogP contribution in [0.4, 0.5) is 0 Å². The molecule has 140 valence electrons. The van der Waals surface area contributed by atoms with Crippen LogP contribution in [0.1, 0.15) is 34.8 Å². The number of hydrogen-bond donors (Lipinski definition) is 1. The van der Waals surface area contributed by atoms with Gasteiger partial charge in [0.1, 0.15) is 0 Å². The Morgan fingerprint density at radius 1 is 1.00 bits per heavy atom. The van der Waals surface area contributed by atoms with Gasteiger partial charge in [-0.3, -0.25) is 4.79 Å². The number of nitrogens with zero attached hydrogens (tertiary/aromatic N) is 2. The molecule has 0 bridgehead atoms. The van der Waals surface area contributed by atoms with Gasteiger partial charge in [-0.15, -0.1) is 0 Å². The van der Waals surface area contributed by atoms with Gasteiger partial charge in [-0.2, -0.15) is 4.98 Å². The van der Waals surface area contributed by atoms with Crippen molar-refractivity contribution in [3.63, 3.8) is 0 Å². The van der Waals surface area contributed by atoms with E-state index in [-0.39, 0.29) is 5.91 Å². The number of aromatic nitrogens is 2. The molecule has 3 rings (SSSR count). The van der Waals surface area contributed by atoms with Crippen LogP contribution in [0.15, 0.2) is 59.1 Å². The van der Waals surface area contributed by atoms with Crippen LogP contribution in [0.2, 0.25) is 0 Å². The molecule has 0 aliphatic rings. The van der Waals surface area contributed by atoms with Crippen LogP contribution in [0.5, 0.6) is 0 Å². The molecule has 6 nitrogen and oxygen atoms in total. The molecule has 0 aliphatic heterocycles. The highest BCUT2D eigenvalue weighted by Crippen LogP contribution is 2.08. The molecule has 6 heteroatoms. The number of carbonyl (C=O) groups excluding carboxylic acids is 1. The quantitative estimate of drug-likeness (QED) is 0.629. The Kier molecular flexibility index (Phi) is 6.71. The first-order chi connectivity index (χ1) is 13.2. The van der Waals surface area contributed by atoms with Crippen molar-refractivity contribution in [2.75, 3.05) is 0 Å². The number of ether oxygens (including phenoxy) is 1. The monoisotopic (exact) mass is 365 g/mol. The van der Waals surface area contributed by atoms with Crippen molar-refractivity contribution in [3.05, 3.63) is 83.0 Å². The van der Waals surface area contributed by atoms with E-state index in [0.29, 0.717) is 44.3 Å². The van der Waals surface area contributed by atoms with Gasteiger partial charge in [0.05, 0.1) is 13.2 Å². The van der Waals surface area contributed by atoms with E-state index in [2.05, 4.69) is 15.5 Å². The molecule has 0 saturated carbocycles. The third-order valence-electron chi connectivity index (χ3n) is 4.03. The average molecular weight is 365 g/mol. The second kappa shape index (κ2) is 9.64. The van der Waals surface area contributed by atoms with Crippen molar-refractivity contribution in [2.24, 2.45) is 0 Å². The van der Waals surface area contributed by atoms with Gasteiger partial charge >= 0.3 is 0 Å². The SMILES string of the molecule is Cc1noc(CCC(=O)NCc2ccc(COCc3ccccc3)cc2)n1. The first kappa shape index (κ1) is 18.8. The maximum atomic E-state index is 11.9. The maximum Gasteiger partial charge on any atom is 0.227 e. The van der Waals surface area contributed by atoms with Crippen molar-refractivity contribution in [1.82, 2.24) is 15.5 Å². The van der Waals surface area contributed by atoms with Gasteiger partial charge in [0.15, 0.2) is 5.82 Å². The van der Waals surface area contributed by atoms with Crippen LogP contribution >= 0.6 is 0 Å². The molecule has 1 N–H and O–H groups in total. The molecule has 0 radical (unpaired) electrons. The Morgan fingerprint density at radius 3 is 2.33 bits per heavy atom. The molecule has 1 amide bonds. The molecular formula is C21H23N3O3. The van der Waals surface area contributed by atoms with E-state index in [1.54, 1.807) is 6.92 Å². The lowest BCUT2D eigenvalue weighted by molar-refractivity contribution is -0.121. The largest absolute Gasteiger partial charge is 0.372 e. The Morgan fingerprint density at radius 2 is 1.67 bits per heavy atom. The second-order valence-corrected chi connectivity index (χ2v) is 6.31. The van der Waals surface area contributed by atoms with Crippen molar-refractivity contribution in [3.8, 4) is 0 Å². The Bertz CT molecular complexity index is 845. The molecule has 0 spiro atoms. The molecule has 0 fully saturated rings. The van der Waals surface area contributed by atoms with E-state index in [1.807, 2.05) is 54.6 Å². The zero-order chi connectivity index (χ0) is 18.9. The topological polar surface area (TPSA) is 77.2 Å². The zero-order valence-electron chi connectivity index (χ0n) is 15.4. The molecular weight excluding hydrogens is 342 g/mol. The number of aryl methyl sites for hydroxylation is 2. The highest BCUT2D eigenvalue weighted by molar-refractivity contribution is 5.76. The Balaban J connectivity index is 1.36. The van der Waals surface area contributed by atoms with Crippen LogP contribution in [-0.4, -0.2) is 16.0 Å². The fourth-order valence-corrected chi connectivity index (χ4v) is 2.57. The van der Waals surface area contributed by atoms with Crippen molar-refractivity contribution < 1.29 is 14.1 Å². The summed E-state index contributed by atoms with van der Waals surface area (Å²) < 4.78 is 10.7. The number of carbonyl (C=O) groups is 1. The molecule has 1 heterocycles. The van der Waals surface area contributed by atoms with Crippen molar-refractivity contribution in [2.45, 2.75) is 39.5 Å². The lowest BCUT2D eigenvalue weighted by Gasteiger charge is -2.07. The molecule has 0 unspecified atom stereocenters. The minimum Gasteiger partial charge on any atom is -0.372 e. The maximum absolute atomic E-state index is 11.9. The minimum atomic E-state index is -0.0406. The number of amides is 1. The summed E-state index contributed by atoms with van der Waals surface area (Å²) in [5.74, 6) is 1.03. The third kappa shape index (κ3) is 6.34. The molecule has 0 saturated heterocycles. The lowest BCUT2D eigenvalue weighted by atomic mass is 10.1. The predicted octanol–water partition coefficient (Wildman–Crippen LogP) is 3.34. The van der Waals surface area contributed by atoms with Gasteiger partial charge in [-0.05, 0) is 23.6 Å². The number of benzene rings is 2. The summed E-state index contributed by atoms with van der Waals surface area (Å²) in [5, 5.41) is 6.61. The summed E-state index contributed by atoms with van der Waals surface area (Å²) >= 11 is 0. The van der Waals surface area contributed by atoms with E-state index < -0.39 is 0 Å². The molecule has 2 aromatic carbocycles. The van der Waals surface area contributed by atoms with Gasteiger partial charge in [0.25, 0.3) is 0 Å². The Labute approximate surface area is 158 Å². The summed E-state index contributed by atoms with van der Waals surface area (Å²) in [6, 6.07) is 18.1. The zero-order valence-corrected chi connectivity index (χ0v) is 15.4. The van der Waals surface area contributed by atoms with Crippen LogP contribution in [0.25, 0.3) is 0 Å². The summed E-state index contributed by atoms with van der Waals surface area (Å²) in [6.07, 6.45) is 0.775. The first-order valence-electron chi connectivity index (χ1n) is 8.94. The highest BCUT2D eigenvalue weighted by Gasteiger charge is 2.07. The standard InChI is InChI=1S/C21H23N3O3/c1-16-23-21(27-24-16)12-11-20(25)22-13-17-7-9-19(10-8-17)15-26-14-18-5-3-2-4-6-18/h2-10H,11-15H2,1H3,(H,22,25). The van der Waals surface area contributed by atoms with E-state index >= 15 is 0 Å². The molecule has 0 atom stereocenters. The molecule has 27 heavy (non-hydrogen) atoms. The van der Waals surface area contributed by atoms with Crippen LogP contribution in [0, 0.1) is 6.92 Å². The van der Waals surface area contributed by atoms with Crippen molar-refractivity contribution >= 4 is 5.91 Å².